The maximum atomic E-state index is 11.5. The lowest BCUT2D eigenvalue weighted by Gasteiger charge is -2.53. The average molecular weight is 369 g/mol. The second-order valence-corrected chi connectivity index (χ2v) is 9.06. The minimum atomic E-state index is -3.12. The Morgan fingerprint density at radius 3 is 2.92 bits per heavy atom. The molecule has 3 rings (SSSR count). The number of hydrogen-bond acceptors (Lipinski definition) is 6. The van der Waals surface area contributed by atoms with Gasteiger partial charge in [0.1, 0.15) is 0 Å². The van der Waals surface area contributed by atoms with Crippen LogP contribution in [0.2, 0.25) is 0 Å². The first-order valence-corrected chi connectivity index (χ1v) is 10.4. The van der Waals surface area contributed by atoms with Crippen molar-refractivity contribution in [3.63, 3.8) is 0 Å². The van der Waals surface area contributed by atoms with E-state index in [1.165, 1.54) is 0 Å². The van der Waals surface area contributed by atoms with Crippen molar-refractivity contribution < 1.29 is 17.9 Å². The van der Waals surface area contributed by atoms with Crippen LogP contribution in [0.4, 0.5) is 0 Å². The number of hydrogen-bond donors (Lipinski definition) is 1. The Kier molecular flexibility index (Phi) is 5.62. The number of nitrogens with one attached hydrogen (secondary N) is 1. The van der Waals surface area contributed by atoms with E-state index in [9.17, 15) is 8.42 Å². The highest BCUT2D eigenvalue weighted by Crippen LogP contribution is 2.37. The van der Waals surface area contributed by atoms with Gasteiger partial charge in [-0.25, -0.2) is 18.1 Å². The summed E-state index contributed by atoms with van der Waals surface area (Å²) < 4.78 is 37.1. The van der Waals surface area contributed by atoms with E-state index in [4.69, 9.17) is 9.47 Å². The summed E-state index contributed by atoms with van der Waals surface area (Å²) in [4.78, 5) is 6.57. The summed E-state index contributed by atoms with van der Waals surface area (Å²) in [6.45, 7) is 5.35. The molecule has 0 aliphatic carbocycles. The summed E-state index contributed by atoms with van der Waals surface area (Å²) in [6, 6.07) is 3.96. The van der Waals surface area contributed by atoms with E-state index in [-0.39, 0.29) is 17.3 Å². The first kappa shape index (κ1) is 18.6. The minimum Gasteiger partial charge on any atom is -0.481 e. The Morgan fingerprint density at radius 1 is 1.48 bits per heavy atom. The van der Waals surface area contributed by atoms with Crippen LogP contribution in [-0.2, 0) is 21.3 Å². The molecule has 0 unspecified atom stereocenters. The van der Waals surface area contributed by atoms with Gasteiger partial charge in [0, 0.05) is 37.9 Å². The number of rotatable bonds is 7. The van der Waals surface area contributed by atoms with Crippen LogP contribution in [0.15, 0.2) is 18.3 Å². The van der Waals surface area contributed by atoms with Crippen LogP contribution in [0.25, 0.3) is 0 Å². The number of ether oxygens (including phenoxy) is 2. The fraction of sp³-hybridized carbons (Fsp3) is 0.706. The maximum absolute atomic E-state index is 11.5. The van der Waals surface area contributed by atoms with Crippen LogP contribution in [0, 0.1) is 5.92 Å². The van der Waals surface area contributed by atoms with Crippen molar-refractivity contribution in [1.29, 1.82) is 0 Å². The minimum absolute atomic E-state index is 0.0599. The van der Waals surface area contributed by atoms with Gasteiger partial charge in [-0.05, 0) is 31.7 Å². The van der Waals surface area contributed by atoms with Gasteiger partial charge in [-0.1, -0.05) is 6.07 Å². The molecule has 1 spiro atoms. The molecule has 0 radical (unpaired) electrons. The lowest BCUT2D eigenvalue weighted by atomic mass is 9.83. The molecular formula is C17H27N3O4S. The van der Waals surface area contributed by atoms with Crippen molar-refractivity contribution in [2.75, 3.05) is 39.1 Å². The second kappa shape index (κ2) is 7.57. The lowest BCUT2D eigenvalue weighted by Crippen LogP contribution is -2.64. The average Bonchev–Trinajstić information content (AvgIpc) is 2.60. The number of sulfonamides is 1. The van der Waals surface area contributed by atoms with Crippen molar-refractivity contribution in [2.45, 2.75) is 31.9 Å². The molecule has 7 nitrogen and oxygen atoms in total. The van der Waals surface area contributed by atoms with E-state index >= 15 is 0 Å². The fourth-order valence-corrected chi connectivity index (χ4v) is 4.22. The molecule has 2 aliphatic rings. The normalized spacial score (nSPS) is 23.4. The molecule has 0 saturated carbocycles. The fourth-order valence-electron chi connectivity index (χ4n) is 3.52. The van der Waals surface area contributed by atoms with E-state index in [2.05, 4.69) is 14.6 Å². The Bertz CT molecular complexity index is 679. The van der Waals surface area contributed by atoms with Gasteiger partial charge in [-0.2, -0.15) is 0 Å². The zero-order chi connectivity index (χ0) is 17.9. The predicted octanol–water partition coefficient (Wildman–Crippen LogP) is 1.01. The first-order chi connectivity index (χ1) is 12.0. The van der Waals surface area contributed by atoms with Crippen LogP contribution in [0.5, 0.6) is 5.88 Å². The van der Waals surface area contributed by atoms with E-state index in [1.807, 2.05) is 12.1 Å². The van der Waals surface area contributed by atoms with Gasteiger partial charge < -0.3 is 9.47 Å². The third kappa shape index (κ3) is 4.49. The highest BCUT2D eigenvalue weighted by atomic mass is 32.2. The Hall–Kier alpha value is -1.22. The number of pyridine rings is 1. The number of methoxy groups -OCH3 is 1. The number of aromatic nitrogens is 1. The lowest BCUT2D eigenvalue weighted by molar-refractivity contribution is -0.181. The van der Waals surface area contributed by atoms with Gasteiger partial charge in [-0.3, -0.25) is 4.90 Å². The Labute approximate surface area is 149 Å². The molecular weight excluding hydrogens is 342 g/mol. The molecule has 0 aromatic carbocycles. The van der Waals surface area contributed by atoms with Gasteiger partial charge in [0.2, 0.25) is 15.9 Å². The quantitative estimate of drug-likeness (QED) is 0.773. The van der Waals surface area contributed by atoms with E-state index in [0.29, 0.717) is 19.0 Å². The maximum Gasteiger partial charge on any atom is 0.217 e. The predicted molar refractivity (Wildman–Crippen MR) is 94.9 cm³/mol. The van der Waals surface area contributed by atoms with Crippen molar-refractivity contribution in [3.8, 4) is 5.88 Å². The Balaban J connectivity index is 1.44. The summed E-state index contributed by atoms with van der Waals surface area (Å²) >= 11 is 0. The molecule has 140 valence electrons. The summed E-state index contributed by atoms with van der Waals surface area (Å²) in [7, 11) is -1.48. The van der Waals surface area contributed by atoms with Crippen molar-refractivity contribution in [1.82, 2.24) is 14.6 Å². The molecule has 25 heavy (non-hydrogen) atoms. The number of nitrogens with zero attached hydrogens (tertiary/aromatic N) is 2. The molecule has 2 saturated heterocycles. The van der Waals surface area contributed by atoms with Crippen molar-refractivity contribution in [2.24, 2.45) is 5.92 Å². The van der Waals surface area contributed by atoms with E-state index in [0.717, 1.165) is 38.0 Å². The molecule has 1 aromatic rings. The van der Waals surface area contributed by atoms with Gasteiger partial charge >= 0.3 is 0 Å². The SMILES string of the molecule is CCS(=O)(=O)NC[C@H]1CCC2(CN(Cc3cccnc3OC)C2)OC1. The summed E-state index contributed by atoms with van der Waals surface area (Å²) in [5.41, 5.74) is 1.03. The standard InChI is InChI=1S/C17H27N3O4S/c1-3-25(21,22)19-9-14-6-7-17(24-11-14)12-20(13-17)10-15-5-4-8-18-16(15)23-2/h4-5,8,14,19H,3,6-7,9-13H2,1-2H3/t14-/m1/s1. The van der Waals surface area contributed by atoms with Gasteiger partial charge in [0.05, 0.1) is 25.1 Å². The van der Waals surface area contributed by atoms with Gasteiger partial charge in [0.15, 0.2) is 0 Å². The second-order valence-electron chi connectivity index (χ2n) is 6.97. The zero-order valence-corrected chi connectivity index (χ0v) is 15.7. The molecule has 3 heterocycles. The van der Waals surface area contributed by atoms with Crippen LogP contribution in [0.3, 0.4) is 0 Å². The topological polar surface area (TPSA) is 80.8 Å². The van der Waals surface area contributed by atoms with E-state index in [1.54, 1.807) is 20.2 Å². The van der Waals surface area contributed by atoms with Gasteiger partial charge in [0.25, 0.3) is 0 Å². The summed E-state index contributed by atoms with van der Waals surface area (Å²) in [6.07, 6.45) is 3.71. The third-order valence-corrected chi connectivity index (χ3v) is 6.43. The Morgan fingerprint density at radius 2 is 2.28 bits per heavy atom. The summed E-state index contributed by atoms with van der Waals surface area (Å²) in [5, 5.41) is 0. The van der Waals surface area contributed by atoms with Crippen LogP contribution in [-0.4, -0.2) is 63.0 Å². The molecule has 2 aliphatic heterocycles. The molecule has 8 heteroatoms. The molecule has 0 bridgehead atoms. The first-order valence-electron chi connectivity index (χ1n) is 8.77. The highest BCUT2D eigenvalue weighted by molar-refractivity contribution is 7.89. The largest absolute Gasteiger partial charge is 0.481 e. The highest BCUT2D eigenvalue weighted by Gasteiger charge is 2.46. The van der Waals surface area contributed by atoms with Crippen LogP contribution < -0.4 is 9.46 Å². The molecule has 2 fully saturated rings. The van der Waals surface area contributed by atoms with Crippen molar-refractivity contribution >= 4 is 10.0 Å². The molecule has 1 aromatic heterocycles. The molecule has 1 N–H and O–H groups in total. The van der Waals surface area contributed by atoms with Crippen LogP contribution in [0.1, 0.15) is 25.3 Å². The monoisotopic (exact) mass is 369 g/mol. The molecule has 0 amide bonds. The third-order valence-electron chi connectivity index (χ3n) is 5.07. The summed E-state index contributed by atoms with van der Waals surface area (Å²) in [5.74, 6) is 1.06. The zero-order valence-electron chi connectivity index (χ0n) is 14.9. The molecule has 1 atom stereocenters. The van der Waals surface area contributed by atoms with Crippen molar-refractivity contribution in [3.05, 3.63) is 23.9 Å². The number of likely N-dealkylation sites (tertiary alicyclic amines) is 1. The van der Waals surface area contributed by atoms with E-state index < -0.39 is 10.0 Å². The van der Waals surface area contributed by atoms with Gasteiger partial charge in [-0.15, -0.1) is 0 Å². The van der Waals surface area contributed by atoms with Crippen LogP contribution >= 0.6 is 0 Å². The smallest absolute Gasteiger partial charge is 0.217 e.